The van der Waals surface area contributed by atoms with Crippen molar-refractivity contribution in [2.24, 2.45) is 0 Å². The Morgan fingerprint density at radius 1 is 0.900 bits per heavy atom. The van der Waals surface area contributed by atoms with Gasteiger partial charge in [0.25, 0.3) is 11.7 Å². The number of carbonyl (C=O) groups is 2. The summed E-state index contributed by atoms with van der Waals surface area (Å²) in [6.07, 6.45) is 3.95. The van der Waals surface area contributed by atoms with Crippen LogP contribution in [0, 0.1) is 0 Å². The zero-order chi connectivity index (χ0) is 20.7. The Morgan fingerprint density at radius 3 is 2.37 bits per heavy atom. The Balaban J connectivity index is 1.29. The predicted octanol–water partition coefficient (Wildman–Crippen LogP) is 5.44. The molecule has 1 aliphatic heterocycles. The molecule has 1 spiro atoms. The first-order chi connectivity index (χ1) is 14.5. The molecule has 1 saturated carbocycles. The van der Waals surface area contributed by atoms with Crippen LogP contribution in [0.3, 0.4) is 0 Å². The van der Waals surface area contributed by atoms with Gasteiger partial charge in [-0.2, -0.15) is 0 Å². The highest BCUT2D eigenvalue weighted by atomic mass is 16.7. The second-order valence-electron chi connectivity index (χ2n) is 7.73. The van der Waals surface area contributed by atoms with Gasteiger partial charge in [-0.3, -0.25) is 9.59 Å². The van der Waals surface area contributed by atoms with Gasteiger partial charge in [-0.25, -0.2) is 0 Å². The van der Waals surface area contributed by atoms with E-state index in [1.54, 1.807) is 48.5 Å². The number of ether oxygens (including phenoxy) is 2. The highest BCUT2D eigenvalue weighted by molar-refractivity contribution is 6.02. The number of benzene rings is 2. The van der Waals surface area contributed by atoms with Crippen molar-refractivity contribution in [3.05, 3.63) is 65.9 Å². The summed E-state index contributed by atoms with van der Waals surface area (Å²) in [6.45, 7) is 1.52. The molecule has 1 N–H and O–H groups in total. The Bertz CT molecular complexity index is 1120. The third-order valence-corrected chi connectivity index (χ3v) is 5.56. The molecule has 2 heterocycles. The number of nitrogens with one attached hydrogen (secondary N) is 1. The van der Waals surface area contributed by atoms with Crippen LogP contribution in [0.2, 0.25) is 0 Å². The van der Waals surface area contributed by atoms with Gasteiger partial charge in [0.1, 0.15) is 5.76 Å². The van der Waals surface area contributed by atoms with Crippen molar-refractivity contribution >= 4 is 17.4 Å². The first-order valence-electron chi connectivity index (χ1n) is 10.1. The fourth-order valence-electron chi connectivity index (χ4n) is 3.97. The number of ketones is 1. The molecule has 0 radical (unpaired) electrons. The quantitative estimate of drug-likeness (QED) is 0.587. The van der Waals surface area contributed by atoms with E-state index < -0.39 is 5.79 Å². The summed E-state index contributed by atoms with van der Waals surface area (Å²) in [5, 5.41) is 2.84. The molecule has 1 fully saturated rings. The molecule has 0 saturated heterocycles. The molecule has 0 bridgehead atoms. The van der Waals surface area contributed by atoms with Crippen LogP contribution < -0.4 is 14.8 Å². The van der Waals surface area contributed by atoms with Gasteiger partial charge in [0.15, 0.2) is 23.0 Å². The lowest BCUT2D eigenvalue weighted by molar-refractivity contribution is -0.0716. The Morgan fingerprint density at radius 2 is 1.63 bits per heavy atom. The summed E-state index contributed by atoms with van der Waals surface area (Å²) in [7, 11) is 0. The minimum Gasteiger partial charge on any atom is -0.451 e. The molecule has 30 heavy (non-hydrogen) atoms. The van der Waals surface area contributed by atoms with E-state index in [1.807, 2.05) is 6.07 Å². The van der Waals surface area contributed by atoms with E-state index in [2.05, 4.69) is 5.32 Å². The number of fused-ring (bicyclic) bond motifs is 1. The summed E-state index contributed by atoms with van der Waals surface area (Å²) < 4.78 is 17.8. The summed E-state index contributed by atoms with van der Waals surface area (Å²) in [5.74, 6) is 1.25. The number of amides is 1. The van der Waals surface area contributed by atoms with Crippen molar-refractivity contribution in [1.82, 2.24) is 0 Å². The number of Topliss-reactive ketones (excluding diaryl/α,β-unsaturated/α-hetero) is 1. The highest BCUT2D eigenvalue weighted by Crippen LogP contribution is 2.47. The molecule has 6 heteroatoms. The van der Waals surface area contributed by atoms with Crippen LogP contribution in [0.15, 0.2) is 59.0 Å². The van der Waals surface area contributed by atoms with Crippen LogP contribution in [0.5, 0.6) is 11.5 Å². The average Bonchev–Trinajstić information content (AvgIpc) is 3.47. The van der Waals surface area contributed by atoms with Gasteiger partial charge < -0.3 is 19.2 Å². The van der Waals surface area contributed by atoms with E-state index in [1.165, 1.54) is 6.92 Å². The summed E-state index contributed by atoms with van der Waals surface area (Å²) >= 11 is 0. The number of anilines is 1. The fraction of sp³-hybridized carbons (Fsp3) is 0.250. The maximum atomic E-state index is 12.6. The standard InChI is InChI=1S/C24H21NO5/c1-15(26)16-4-6-17(7-5-16)19-10-11-21(28-19)23(27)25-18-8-9-20-22(14-18)30-24(29-20)12-2-3-13-24/h4-11,14H,2-3,12-13H2,1H3,(H,25,27). The zero-order valence-electron chi connectivity index (χ0n) is 16.6. The molecule has 6 nitrogen and oxygen atoms in total. The van der Waals surface area contributed by atoms with Gasteiger partial charge in [0.05, 0.1) is 0 Å². The molecule has 0 unspecified atom stereocenters. The second kappa shape index (κ2) is 7.06. The van der Waals surface area contributed by atoms with E-state index in [9.17, 15) is 9.59 Å². The topological polar surface area (TPSA) is 77.8 Å². The molecule has 1 aromatic heterocycles. The van der Waals surface area contributed by atoms with Crippen molar-refractivity contribution in [3.8, 4) is 22.8 Å². The molecule has 5 rings (SSSR count). The van der Waals surface area contributed by atoms with E-state index in [4.69, 9.17) is 13.9 Å². The first kappa shape index (κ1) is 18.5. The minimum atomic E-state index is -0.529. The molecule has 0 atom stereocenters. The van der Waals surface area contributed by atoms with Crippen molar-refractivity contribution < 1.29 is 23.5 Å². The summed E-state index contributed by atoms with van der Waals surface area (Å²) in [6, 6.07) is 15.8. The fourth-order valence-corrected chi connectivity index (χ4v) is 3.97. The van der Waals surface area contributed by atoms with E-state index >= 15 is 0 Å². The predicted molar refractivity (Wildman–Crippen MR) is 111 cm³/mol. The number of hydrogen-bond donors (Lipinski definition) is 1. The van der Waals surface area contributed by atoms with Gasteiger partial charge >= 0.3 is 0 Å². The lowest BCUT2D eigenvalue weighted by Gasteiger charge is -2.21. The molecule has 1 aliphatic carbocycles. The van der Waals surface area contributed by atoms with Gasteiger partial charge in [-0.05, 0) is 44.0 Å². The smallest absolute Gasteiger partial charge is 0.291 e. The summed E-state index contributed by atoms with van der Waals surface area (Å²) in [5.41, 5.74) is 2.04. The Kier molecular flexibility index (Phi) is 4.35. The Hall–Kier alpha value is -3.54. The van der Waals surface area contributed by atoms with Crippen LogP contribution in [0.4, 0.5) is 5.69 Å². The molecule has 3 aromatic rings. The molecule has 1 amide bonds. The third-order valence-electron chi connectivity index (χ3n) is 5.56. The average molecular weight is 403 g/mol. The minimum absolute atomic E-state index is 0.00337. The normalized spacial score (nSPS) is 16.0. The van der Waals surface area contributed by atoms with Crippen LogP contribution in [-0.4, -0.2) is 17.5 Å². The maximum absolute atomic E-state index is 12.6. The SMILES string of the molecule is CC(=O)c1ccc(-c2ccc(C(=O)Nc3ccc4c(c3)OC3(CCCC3)O4)o2)cc1. The van der Waals surface area contributed by atoms with E-state index in [-0.39, 0.29) is 17.5 Å². The van der Waals surface area contributed by atoms with Crippen LogP contribution in [-0.2, 0) is 0 Å². The van der Waals surface area contributed by atoms with Crippen LogP contribution in [0.1, 0.15) is 53.5 Å². The number of furan rings is 1. The Labute approximate surface area is 173 Å². The molecular weight excluding hydrogens is 382 g/mol. The van der Waals surface area contributed by atoms with E-state index in [0.29, 0.717) is 28.5 Å². The van der Waals surface area contributed by atoms with Gasteiger partial charge in [0.2, 0.25) is 0 Å². The lowest BCUT2D eigenvalue weighted by atomic mass is 10.1. The van der Waals surface area contributed by atoms with Gasteiger partial charge in [-0.1, -0.05) is 24.3 Å². The van der Waals surface area contributed by atoms with Crippen LogP contribution in [0.25, 0.3) is 11.3 Å². The van der Waals surface area contributed by atoms with Crippen molar-refractivity contribution in [3.63, 3.8) is 0 Å². The van der Waals surface area contributed by atoms with Crippen molar-refractivity contribution in [1.29, 1.82) is 0 Å². The molecular formula is C24H21NO5. The molecule has 152 valence electrons. The van der Waals surface area contributed by atoms with Crippen molar-refractivity contribution in [2.45, 2.75) is 38.4 Å². The monoisotopic (exact) mass is 403 g/mol. The highest BCUT2D eigenvalue weighted by Gasteiger charge is 2.44. The van der Waals surface area contributed by atoms with Gasteiger partial charge in [0, 0.05) is 35.7 Å². The number of hydrogen-bond acceptors (Lipinski definition) is 5. The zero-order valence-corrected chi connectivity index (χ0v) is 16.6. The van der Waals surface area contributed by atoms with Crippen molar-refractivity contribution in [2.75, 3.05) is 5.32 Å². The third kappa shape index (κ3) is 3.34. The van der Waals surface area contributed by atoms with Gasteiger partial charge in [-0.15, -0.1) is 0 Å². The summed E-state index contributed by atoms with van der Waals surface area (Å²) in [4.78, 5) is 24.0. The second-order valence-corrected chi connectivity index (χ2v) is 7.73. The molecule has 2 aliphatic rings. The lowest BCUT2D eigenvalue weighted by Crippen LogP contribution is -2.34. The largest absolute Gasteiger partial charge is 0.451 e. The first-order valence-corrected chi connectivity index (χ1v) is 10.1. The maximum Gasteiger partial charge on any atom is 0.291 e. The number of rotatable bonds is 4. The van der Waals surface area contributed by atoms with Crippen LogP contribution >= 0.6 is 0 Å². The number of carbonyl (C=O) groups excluding carboxylic acids is 2. The van der Waals surface area contributed by atoms with E-state index in [0.717, 1.165) is 31.2 Å². The molecule has 2 aromatic carbocycles.